The Labute approximate surface area is 135 Å². The largest absolute Gasteiger partial charge is 0.362 e. The van der Waals surface area contributed by atoms with Crippen molar-refractivity contribution in [2.24, 2.45) is 0 Å². The molecule has 0 radical (unpaired) electrons. The molecule has 2 aromatic rings. The number of hydrogen-bond donors (Lipinski definition) is 0. The number of rotatable bonds is 6. The van der Waals surface area contributed by atoms with Crippen molar-refractivity contribution in [3.8, 4) is 0 Å². The monoisotopic (exact) mass is 317 g/mol. The third-order valence-corrected chi connectivity index (χ3v) is 3.61. The Morgan fingerprint density at radius 2 is 2.17 bits per heavy atom. The highest BCUT2D eigenvalue weighted by atomic mass is 19.1. The predicted molar refractivity (Wildman–Crippen MR) is 86.5 cm³/mol. The highest BCUT2D eigenvalue weighted by Crippen LogP contribution is 2.24. The lowest BCUT2D eigenvalue weighted by Gasteiger charge is -2.24. The first-order chi connectivity index (χ1) is 11.0. The first-order valence-corrected chi connectivity index (χ1v) is 7.18. The standard InChI is InChI=1S/C17H20FN3O2/c1-5-17(22)20(15-7-6-14(18)8-12(15)2)10-16-13(3)9-19-21(16)11-23-4/h5-9H,1,10-11H2,2-4H3. The number of carbonyl (C=O) groups is 1. The summed E-state index contributed by atoms with van der Waals surface area (Å²) in [6.07, 6.45) is 2.97. The molecule has 122 valence electrons. The number of nitrogens with zero attached hydrogens (tertiary/aromatic N) is 3. The zero-order valence-corrected chi connectivity index (χ0v) is 13.5. The van der Waals surface area contributed by atoms with Gasteiger partial charge in [-0.3, -0.25) is 4.79 Å². The quantitative estimate of drug-likeness (QED) is 0.770. The third-order valence-electron chi connectivity index (χ3n) is 3.61. The van der Waals surface area contributed by atoms with Crippen LogP contribution in [0.4, 0.5) is 10.1 Å². The average molecular weight is 317 g/mol. The molecule has 0 aliphatic rings. The van der Waals surface area contributed by atoms with E-state index in [9.17, 15) is 9.18 Å². The van der Waals surface area contributed by atoms with Crippen LogP contribution in [0.25, 0.3) is 0 Å². The summed E-state index contributed by atoms with van der Waals surface area (Å²) in [4.78, 5) is 13.9. The zero-order valence-electron chi connectivity index (χ0n) is 13.5. The Balaban J connectivity index is 2.43. The summed E-state index contributed by atoms with van der Waals surface area (Å²) in [6.45, 7) is 7.83. The third kappa shape index (κ3) is 3.65. The second-order valence-corrected chi connectivity index (χ2v) is 5.25. The van der Waals surface area contributed by atoms with E-state index in [2.05, 4.69) is 11.7 Å². The van der Waals surface area contributed by atoms with Crippen molar-refractivity contribution in [1.29, 1.82) is 0 Å². The highest BCUT2D eigenvalue weighted by molar-refractivity contribution is 6.01. The van der Waals surface area contributed by atoms with E-state index in [0.717, 1.165) is 11.3 Å². The van der Waals surface area contributed by atoms with E-state index in [0.29, 0.717) is 24.5 Å². The second kappa shape index (κ2) is 7.19. The van der Waals surface area contributed by atoms with Gasteiger partial charge in [-0.15, -0.1) is 0 Å². The van der Waals surface area contributed by atoms with Crippen LogP contribution in [0.2, 0.25) is 0 Å². The molecule has 5 nitrogen and oxygen atoms in total. The van der Waals surface area contributed by atoms with Gasteiger partial charge in [-0.2, -0.15) is 5.10 Å². The molecule has 2 rings (SSSR count). The van der Waals surface area contributed by atoms with Gasteiger partial charge in [-0.25, -0.2) is 9.07 Å². The molecule has 0 saturated heterocycles. The lowest BCUT2D eigenvalue weighted by Crippen LogP contribution is -2.31. The van der Waals surface area contributed by atoms with Crippen molar-refractivity contribution >= 4 is 11.6 Å². The Morgan fingerprint density at radius 3 is 2.78 bits per heavy atom. The Bertz CT molecular complexity index is 725. The van der Waals surface area contributed by atoms with Gasteiger partial charge in [-0.05, 0) is 49.2 Å². The van der Waals surface area contributed by atoms with E-state index in [4.69, 9.17) is 4.74 Å². The molecule has 0 N–H and O–H groups in total. The highest BCUT2D eigenvalue weighted by Gasteiger charge is 2.19. The number of ether oxygens (including phenoxy) is 1. The van der Waals surface area contributed by atoms with Crippen LogP contribution in [0, 0.1) is 19.7 Å². The van der Waals surface area contributed by atoms with Crippen molar-refractivity contribution < 1.29 is 13.9 Å². The van der Waals surface area contributed by atoms with Gasteiger partial charge < -0.3 is 9.64 Å². The molecular formula is C17H20FN3O2. The van der Waals surface area contributed by atoms with E-state index in [1.165, 1.54) is 18.2 Å². The Kier molecular flexibility index (Phi) is 5.28. The van der Waals surface area contributed by atoms with Crippen molar-refractivity contribution in [3.05, 3.63) is 59.7 Å². The number of methoxy groups -OCH3 is 1. The van der Waals surface area contributed by atoms with Gasteiger partial charge in [0.1, 0.15) is 12.5 Å². The number of anilines is 1. The minimum absolute atomic E-state index is 0.260. The smallest absolute Gasteiger partial charge is 0.250 e. The van der Waals surface area contributed by atoms with E-state index >= 15 is 0 Å². The number of benzene rings is 1. The number of hydrogen-bond acceptors (Lipinski definition) is 3. The van der Waals surface area contributed by atoms with Crippen LogP contribution in [0.15, 0.2) is 37.1 Å². The summed E-state index contributed by atoms with van der Waals surface area (Å²) >= 11 is 0. The summed E-state index contributed by atoms with van der Waals surface area (Å²) in [6, 6.07) is 4.33. The lowest BCUT2D eigenvalue weighted by atomic mass is 10.1. The number of carbonyl (C=O) groups excluding carboxylic acids is 1. The van der Waals surface area contributed by atoms with Crippen LogP contribution in [-0.2, 0) is 22.8 Å². The van der Waals surface area contributed by atoms with Crippen LogP contribution in [0.5, 0.6) is 0 Å². The maximum absolute atomic E-state index is 13.3. The van der Waals surface area contributed by atoms with E-state index in [1.807, 2.05) is 6.92 Å². The lowest BCUT2D eigenvalue weighted by molar-refractivity contribution is -0.114. The summed E-state index contributed by atoms with van der Waals surface area (Å²) < 4.78 is 20.2. The molecule has 0 spiro atoms. The van der Waals surface area contributed by atoms with Crippen molar-refractivity contribution in [2.45, 2.75) is 27.1 Å². The molecule has 0 bridgehead atoms. The fraction of sp³-hybridized carbons (Fsp3) is 0.294. The Hall–Kier alpha value is -2.47. The van der Waals surface area contributed by atoms with Crippen LogP contribution in [0.1, 0.15) is 16.8 Å². The first-order valence-electron chi connectivity index (χ1n) is 7.18. The minimum atomic E-state index is -0.335. The first kappa shape index (κ1) is 16.9. The molecule has 0 aliphatic heterocycles. The number of aromatic nitrogens is 2. The molecule has 1 aromatic carbocycles. The van der Waals surface area contributed by atoms with Crippen LogP contribution in [-0.4, -0.2) is 22.8 Å². The van der Waals surface area contributed by atoms with Crippen LogP contribution >= 0.6 is 0 Å². The summed E-state index contributed by atoms with van der Waals surface area (Å²) in [5, 5.41) is 4.24. The minimum Gasteiger partial charge on any atom is -0.362 e. The molecule has 1 amide bonds. The second-order valence-electron chi connectivity index (χ2n) is 5.25. The van der Waals surface area contributed by atoms with Gasteiger partial charge >= 0.3 is 0 Å². The maximum Gasteiger partial charge on any atom is 0.250 e. The zero-order chi connectivity index (χ0) is 17.0. The molecule has 0 unspecified atom stereocenters. The summed E-state index contributed by atoms with van der Waals surface area (Å²) in [7, 11) is 1.58. The average Bonchev–Trinajstić information content (AvgIpc) is 2.86. The van der Waals surface area contributed by atoms with E-state index < -0.39 is 0 Å². The maximum atomic E-state index is 13.3. The van der Waals surface area contributed by atoms with Gasteiger partial charge in [0.25, 0.3) is 5.91 Å². The molecule has 6 heteroatoms. The number of halogens is 1. The molecule has 1 heterocycles. The van der Waals surface area contributed by atoms with Gasteiger partial charge in [0.05, 0.1) is 18.4 Å². The molecule has 0 aliphatic carbocycles. The molecular weight excluding hydrogens is 297 g/mol. The van der Waals surface area contributed by atoms with Gasteiger partial charge in [0.2, 0.25) is 0 Å². The van der Waals surface area contributed by atoms with Crippen molar-refractivity contribution in [1.82, 2.24) is 9.78 Å². The number of amides is 1. The fourth-order valence-corrected chi connectivity index (χ4v) is 2.41. The molecule has 0 fully saturated rings. The number of aryl methyl sites for hydroxylation is 2. The summed E-state index contributed by atoms with van der Waals surface area (Å²) in [5.41, 5.74) is 3.12. The summed E-state index contributed by atoms with van der Waals surface area (Å²) in [5.74, 6) is -0.595. The normalized spacial score (nSPS) is 10.6. The van der Waals surface area contributed by atoms with Crippen molar-refractivity contribution in [3.63, 3.8) is 0 Å². The Morgan fingerprint density at radius 1 is 1.43 bits per heavy atom. The van der Waals surface area contributed by atoms with Gasteiger partial charge in [0, 0.05) is 12.8 Å². The molecule has 0 saturated carbocycles. The predicted octanol–water partition coefficient (Wildman–Crippen LogP) is 2.96. The molecule has 1 aromatic heterocycles. The van der Waals surface area contributed by atoms with Crippen molar-refractivity contribution in [2.75, 3.05) is 12.0 Å². The van der Waals surface area contributed by atoms with Crippen LogP contribution < -0.4 is 4.90 Å². The van der Waals surface area contributed by atoms with E-state index in [-0.39, 0.29) is 11.7 Å². The van der Waals surface area contributed by atoms with E-state index in [1.54, 1.807) is 35.9 Å². The fourth-order valence-electron chi connectivity index (χ4n) is 2.41. The molecule has 0 atom stereocenters. The topological polar surface area (TPSA) is 47.4 Å². The van der Waals surface area contributed by atoms with Gasteiger partial charge in [-0.1, -0.05) is 6.58 Å². The SMILES string of the molecule is C=CC(=O)N(Cc1c(C)cnn1COC)c1ccc(F)cc1C. The van der Waals surface area contributed by atoms with Crippen LogP contribution in [0.3, 0.4) is 0 Å². The molecule has 23 heavy (non-hydrogen) atoms. The van der Waals surface area contributed by atoms with Gasteiger partial charge in [0.15, 0.2) is 0 Å².